The van der Waals surface area contributed by atoms with Crippen molar-refractivity contribution < 1.29 is 14.3 Å². The quantitative estimate of drug-likeness (QED) is 0.319. The van der Waals surface area contributed by atoms with Crippen molar-refractivity contribution in [1.82, 2.24) is 10.2 Å². The number of carbonyl (C=O) groups is 1. The van der Waals surface area contributed by atoms with Crippen molar-refractivity contribution in [3.8, 4) is 0 Å². The van der Waals surface area contributed by atoms with Crippen LogP contribution in [0.2, 0.25) is 0 Å². The lowest BCUT2D eigenvalue weighted by molar-refractivity contribution is -0.143. The van der Waals surface area contributed by atoms with Gasteiger partial charge in [-0.25, -0.2) is 0 Å². The van der Waals surface area contributed by atoms with E-state index in [-0.39, 0.29) is 5.97 Å². The molecule has 6 heteroatoms. The van der Waals surface area contributed by atoms with Gasteiger partial charge in [-0.1, -0.05) is 0 Å². The van der Waals surface area contributed by atoms with Gasteiger partial charge in [0.2, 0.25) is 0 Å². The number of nitrogens with zero attached hydrogens (tertiary/aromatic N) is 2. The van der Waals surface area contributed by atoms with Gasteiger partial charge in [-0.3, -0.25) is 9.79 Å². The molecular weight excluding hydrogens is 282 g/mol. The van der Waals surface area contributed by atoms with E-state index in [0.717, 1.165) is 44.6 Å². The van der Waals surface area contributed by atoms with Gasteiger partial charge in [0.1, 0.15) is 0 Å². The molecule has 1 rings (SSSR count). The van der Waals surface area contributed by atoms with Crippen LogP contribution in [0.25, 0.3) is 0 Å². The van der Waals surface area contributed by atoms with E-state index in [1.54, 1.807) is 7.05 Å². The Balaban J connectivity index is 2.17. The van der Waals surface area contributed by atoms with Crippen LogP contribution in [-0.2, 0) is 14.3 Å². The van der Waals surface area contributed by atoms with E-state index >= 15 is 0 Å². The molecule has 1 saturated heterocycles. The SMILES string of the molecule is CCOC(=O)CCCNC(=NC)N(C)CCC1CCOCC1. The molecule has 0 spiro atoms. The standard InChI is InChI=1S/C16H31N3O3/c1-4-22-15(20)6-5-10-18-16(17-2)19(3)11-7-14-8-12-21-13-9-14/h14H,4-13H2,1-3H3,(H,17,18). The minimum atomic E-state index is -0.132. The molecule has 0 aromatic rings. The van der Waals surface area contributed by atoms with Crippen LogP contribution in [-0.4, -0.2) is 63.8 Å². The Morgan fingerprint density at radius 1 is 1.41 bits per heavy atom. The van der Waals surface area contributed by atoms with Gasteiger partial charge in [0, 0.05) is 46.8 Å². The number of aliphatic imine (C=N–C) groups is 1. The number of esters is 1. The minimum Gasteiger partial charge on any atom is -0.466 e. The van der Waals surface area contributed by atoms with Crippen LogP contribution in [0.3, 0.4) is 0 Å². The summed E-state index contributed by atoms with van der Waals surface area (Å²) in [5, 5.41) is 3.30. The van der Waals surface area contributed by atoms with Crippen LogP contribution in [0.5, 0.6) is 0 Å². The zero-order chi connectivity index (χ0) is 16.2. The molecule has 1 aliphatic rings. The smallest absolute Gasteiger partial charge is 0.305 e. The third kappa shape index (κ3) is 7.64. The van der Waals surface area contributed by atoms with Crippen LogP contribution >= 0.6 is 0 Å². The number of nitrogens with one attached hydrogen (secondary N) is 1. The van der Waals surface area contributed by atoms with Crippen molar-refractivity contribution in [2.45, 2.75) is 39.0 Å². The fourth-order valence-corrected chi connectivity index (χ4v) is 2.57. The van der Waals surface area contributed by atoms with Gasteiger partial charge in [0.25, 0.3) is 0 Å². The molecule has 0 unspecified atom stereocenters. The number of rotatable bonds is 8. The molecule has 0 saturated carbocycles. The summed E-state index contributed by atoms with van der Waals surface area (Å²) in [6, 6.07) is 0. The normalized spacial score (nSPS) is 16.4. The lowest BCUT2D eigenvalue weighted by Crippen LogP contribution is -2.40. The first-order chi connectivity index (χ1) is 10.7. The Hall–Kier alpha value is -1.30. The van der Waals surface area contributed by atoms with Crippen molar-refractivity contribution in [1.29, 1.82) is 0 Å². The maximum Gasteiger partial charge on any atom is 0.305 e. The number of ether oxygens (including phenoxy) is 2. The first kappa shape index (κ1) is 18.7. The summed E-state index contributed by atoms with van der Waals surface area (Å²) >= 11 is 0. The average Bonchev–Trinajstić information content (AvgIpc) is 2.54. The highest BCUT2D eigenvalue weighted by Gasteiger charge is 2.15. The Morgan fingerprint density at radius 2 is 2.14 bits per heavy atom. The molecule has 1 fully saturated rings. The van der Waals surface area contributed by atoms with Crippen molar-refractivity contribution >= 4 is 11.9 Å². The molecule has 0 aromatic carbocycles. The third-order valence-corrected chi connectivity index (χ3v) is 3.93. The van der Waals surface area contributed by atoms with E-state index in [2.05, 4.69) is 22.3 Å². The van der Waals surface area contributed by atoms with E-state index in [9.17, 15) is 4.79 Å². The van der Waals surface area contributed by atoms with E-state index in [1.165, 1.54) is 19.3 Å². The second-order valence-corrected chi connectivity index (χ2v) is 5.65. The summed E-state index contributed by atoms with van der Waals surface area (Å²) in [5.41, 5.74) is 0. The molecule has 0 radical (unpaired) electrons. The fraction of sp³-hybridized carbons (Fsp3) is 0.875. The van der Waals surface area contributed by atoms with Crippen LogP contribution in [0.15, 0.2) is 4.99 Å². The minimum absolute atomic E-state index is 0.132. The largest absolute Gasteiger partial charge is 0.466 e. The summed E-state index contributed by atoms with van der Waals surface area (Å²) in [5.74, 6) is 1.51. The topological polar surface area (TPSA) is 63.2 Å². The average molecular weight is 313 g/mol. The van der Waals surface area contributed by atoms with Crippen molar-refractivity contribution in [2.24, 2.45) is 10.9 Å². The molecule has 0 aromatic heterocycles. The van der Waals surface area contributed by atoms with Crippen molar-refractivity contribution in [3.63, 3.8) is 0 Å². The Bertz CT molecular complexity index is 342. The first-order valence-electron chi connectivity index (χ1n) is 8.32. The van der Waals surface area contributed by atoms with Crippen LogP contribution < -0.4 is 5.32 Å². The summed E-state index contributed by atoms with van der Waals surface area (Å²) in [6.07, 6.45) is 4.71. The van der Waals surface area contributed by atoms with Gasteiger partial charge >= 0.3 is 5.97 Å². The highest BCUT2D eigenvalue weighted by Crippen LogP contribution is 2.18. The van der Waals surface area contributed by atoms with Crippen LogP contribution in [0, 0.1) is 5.92 Å². The van der Waals surface area contributed by atoms with E-state index < -0.39 is 0 Å². The molecule has 128 valence electrons. The summed E-state index contributed by atoms with van der Waals surface area (Å²) in [7, 11) is 3.85. The second kappa shape index (κ2) is 11.3. The first-order valence-corrected chi connectivity index (χ1v) is 8.32. The number of hydrogen-bond acceptors (Lipinski definition) is 4. The van der Waals surface area contributed by atoms with Gasteiger partial charge in [0.15, 0.2) is 5.96 Å². The summed E-state index contributed by atoms with van der Waals surface area (Å²) in [6.45, 7) is 5.79. The van der Waals surface area contributed by atoms with Gasteiger partial charge < -0.3 is 19.7 Å². The third-order valence-electron chi connectivity index (χ3n) is 3.93. The van der Waals surface area contributed by atoms with Gasteiger partial charge in [0.05, 0.1) is 6.61 Å². The molecule has 1 aliphatic heterocycles. The molecule has 1 heterocycles. The zero-order valence-electron chi connectivity index (χ0n) is 14.3. The lowest BCUT2D eigenvalue weighted by Gasteiger charge is -2.26. The van der Waals surface area contributed by atoms with Crippen molar-refractivity contribution in [3.05, 3.63) is 0 Å². The molecule has 0 atom stereocenters. The maximum atomic E-state index is 11.3. The van der Waals surface area contributed by atoms with Gasteiger partial charge in [-0.15, -0.1) is 0 Å². The van der Waals surface area contributed by atoms with Crippen LogP contribution in [0.4, 0.5) is 0 Å². The molecular formula is C16H31N3O3. The molecule has 1 N–H and O–H groups in total. The van der Waals surface area contributed by atoms with Crippen LogP contribution in [0.1, 0.15) is 39.0 Å². The Kier molecular flexibility index (Phi) is 9.62. The van der Waals surface area contributed by atoms with Crippen molar-refractivity contribution in [2.75, 3.05) is 47.0 Å². The van der Waals surface area contributed by atoms with E-state index in [0.29, 0.717) is 13.0 Å². The molecule has 0 aliphatic carbocycles. The number of hydrogen-bond donors (Lipinski definition) is 1. The van der Waals surface area contributed by atoms with Gasteiger partial charge in [-0.2, -0.15) is 0 Å². The number of guanidine groups is 1. The predicted octanol–water partition coefficient (Wildman–Crippen LogP) is 1.65. The molecule has 0 amide bonds. The molecule has 22 heavy (non-hydrogen) atoms. The highest BCUT2D eigenvalue weighted by atomic mass is 16.5. The van der Waals surface area contributed by atoms with E-state index in [1.807, 2.05) is 6.92 Å². The lowest BCUT2D eigenvalue weighted by atomic mass is 9.96. The van der Waals surface area contributed by atoms with Gasteiger partial charge in [-0.05, 0) is 38.5 Å². The Morgan fingerprint density at radius 3 is 2.77 bits per heavy atom. The summed E-state index contributed by atoms with van der Waals surface area (Å²) in [4.78, 5) is 17.7. The maximum absolute atomic E-state index is 11.3. The van der Waals surface area contributed by atoms with E-state index in [4.69, 9.17) is 9.47 Å². The molecule has 0 bridgehead atoms. The Labute approximate surface area is 134 Å². The monoisotopic (exact) mass is 313 g/mol. The fourth-order valence-electron chi connectivity index (χ4n) is 2.57. The summed E-state index contributed by atoms with van der Waals surface area (Å²) < 4.78 is 10.3. The highest BCUT2D eigenvalue weighted by molar-refractivity contribution is 5.79. The predicted molar refractivity (Wildman–Crippen MR) is 88.0 cm³/mol. The molecule has 6 nitrogen and oxygen atoms in total. The zero-order valence-corrected chi connectivity index (χ0v) is 14.3. The second-order valence-electron chi connectivity index (χ2n) is 5.65. The number of carbonyl (C=O) groups excluding carboxylic acids is 1.